The molecular formula is C25H23FN6O3. The van der Waals surface area contributed by atoms with Gasteiger partial charge in [-0.15, -0.1) is 20.4 Å². The van der Waals surface area contributed by atoms with Gasteiger partial charge in [0.2, 0.25) is 5.89 Å². The lowest BCUT2D eigenvalue weighted by Crippen LogP contribution is -2.50. The number of piperidine rings is 1. The molecular weight excluding hydrogens is 451 g/mol. The number of nitrogens with zero attached hydrogens (tertiary/aromatic N) is 6. The molecule has 3 aromatic heterocycles. The molecule has 35 heavy (non-hydrogen) atoms. The van der Waals surface area contributed by atoms with Crippen LogP contribution < -0.4 is 9.64 Å². The minimum Gasteiger partial charge on any atom is -0.487 e. The molecule has 1 atom stereocenters. The van der Waals surface area contributed by atoms with E-state index in [1.54, 1.807) is 24.5 Å². The van der Waals surface area contributed by atoms with Crippen molar-refractivity contribution in [2.24, 2.45) is 0 Å². The zero-order chi connectivity index (χ0) is 23.8. The largest absolute Gasteiger partial charge is 0.487 e. The molecule has 4 aromatic rings. The number of ether oxygens (including phenoxy) is 1. The van der Waals surface area contributed by atoms with Crippen LogP contribution in [0.5, 0.6) is 5.75 Å². The molecule has 0 amide bonds. The average molecular weight is 474 g/mol. The Labute approximate surface area is 200 Å². The molecule has 9 nitrogen and oxygen atoms in total. The lowest BCUT2D eigenvalue weighted by atomic mass is 9.81. The Kier molecular flexibility index (Phi) is 5.37. The summed E-state index contributed by atoms with van der Waals surface area (Å²) in [5.74, 6) is 1.54. The van der Waals surface area contributed by atoms with Crippen molar-refractivity contribution >= 4 is 5.82 Å². The summed E-state index contributed by atoms with van der Waals surface area (Å²) in [5, 5.41) is 27.4. The van der Waals surface area contributed by atoms with Gasteiger partial charge in [-0.25, -0.2) is 4.39 Å². The topological polar surface area (TPSA) is 110 Å². The summed E-state index contributed by atoms with van der Waals surface area (Å²) < 4.78 is 26.1. The third kappa shape index (κ3) is 4.21. The van der Waals surface area contributed by atoms with Gasteiger partial charge in [-0.05, 0) is 35.9 Å². The van der Waals surface area contributed by atoms with E-state index >= 15 is 0 Å². The molecule has 6 rings (SSSR count). The molecule has 2 aliphatic rings. The van der Waals surface area contributed by atoms with Crippen LogP contribution in [0.1, 0.15) is 42.4 Å². The highest BCUT2D eigenvalue weighted by atomic mass is 19.1. The van der Waals surface area contributed by atoms with E-state index in [-0.39, 0.29) is 5.56 Å². The highest BCUT2D eigenvalue weighted by Gasteiger charge is 2.44. The summed E-state index contributed by atoms with van der Waals surface area (Å²) >= 11 is 0. The van der Waals surface area contributed by atoms with Gasteiger partial charge < -0.3 is 19.2 Å². The number of anilines is 1. The Bertz CT molecular complexity index is 1320. The van der Waals surface area contributed by atoms with E-state index < -0.39 is 17.5 Å². The monoisotopic (exact) mass is 474 g/mol. The fraction of sp³-hybridized carbons (Fsp3) is 0.320. The second kappa shape index (κ2) is 8.70. The average Bonchev–Trinajstić information content (AvgIpc) is 3.33. The summed E-state index contributed by atoms with van der Waals surface area (Å²) in [6.45, 7) is 1.36. The van der Waals surface area contributed by atoms with Gasteiger partial charge in [-0.1, -0.05) is 12.1 Å². The van der Waals surface area contributed by atoms with Gasteiger partial charge in [0, 0.05) is 44.7 Å². The first kappa shape index (κ1) is 21.6. The van der Waals surface area contributed by atoms with Crippen molar-refractivity contribution in [3.63, 3.8) is 0 Å². The van der Waals surface area contributed by atoms with Gasteiger partial charge in [-0.2, -0.15) is 0 Å². The van der Waals surface area contributed by atoms with Crippen molar-refractivity contribution in [2.45, 2.75) is 37.4 Å². The predicted molar refractivity (Wildman–Crippen MR) is 123 cm³/mol. The van der Waals surface area contributed by atoms with E-state index in [1.165, 1.54) is 6.07 Å². The Morgan fingerprint density at radius 3 is 2.69 bits per heavy atom. The third-order valence-electron chi connectivity index (χ3n) is 6.65. The summed E-state index contributed by atoms with van der Waals surface area (Å²) in [6.07, 6.45) is 4.84. The maximum Gasteiger partial charge on any atom is 0.268 e. The standard InChI is InChI=1S/C25H23FN6O3/c26-17-4-1-5-20-23(17)19(33)14-25(35-20)8-11-32(12-9-25)21-7-6-18(28-29-21)24-31-30-22(34-24)13-16-3-2-10-27-15-16/h1-7,10,15,19,33H,8-9,11-14H2. The lowest BCUT2D eigenvalue weighted by Gasteiger charge is -2.46. The van der Waals surface area contributed by atoms with E-state index in [0.717, 1.165) is 11.4 Å². The number of rotatable bonds is 4. The SMILES string of the molecule is OC1CC2(CCN(c3ccc(-c4nnc(Cc5cccnc5)o4)nn3)CC2)Oc2cccc(F)c21. The Morgan fingerprint density at radius 2 is 1.91 bits per heavy atom. The molecule has 0 radical (unpaired) electrons. The van der Waals surface area contributed by atoms with Gasteiger partial charge in [0.1, 0.15) is 22.9 Å². The molecule has 1 saturated heterocycles. The smallest absolute Gasteiger partial charge is 0.268 e. The summed E-state index contributed by atoms with van der Waals surface area (Å²) in [6, 6.07) is 12.2. The van der Waals surface area contributed by atoms with Gasteiger partial charge in [0.15, 0.2) is 5.82 Å². The van der Waals surface area contributed by atoms with Crippen LogP contribution in [-0.2, 0) is 6.42 Å². The molecule has 2 aliphatic heterocycles. The molecule has 178 valence electrons. The maximum absolute atomic E-state index is 14.1. The number of fused-ring (bicyclic) bond motifs is 1. The van der Waals surface area contributed by atoms with Crippen LogP contribution in [-0.4, -0.2) is 49.2 Å². The van der Waals surface area contributed by atoms with E-state index in [9.17, 15) is 9.50 Å². The van der Waals surface area contributed by atoms with E-state index in [2.05, 4.69) is 30.3 Å². The fourth-order valence-electron chi connectivity index (χ4n) is 4.82. The highest BCUT2D eigenvalue weighted by molar-refractivity contribution is 5.49. The third-order valence-corrected chi connectivity index (χ3v) is 6.65. The number of hydrogen-bond donors (Lipinski definition) is 1. The van der Waals surface area contributed by atoms with Crippen LogP contribution in [0.25, 0.3) is 11.6 Å². The van der Waals surface area contributed by atoms with Crippen molar-refractivity contribution in [1.82, 2.24) is 25.4 Å². The van der Waals surface area contributed by atoms with Crippen LogP contribution >= 0.6 is 0 Å². The van der Waals surface area contributed by atoms with E-state index in [0.29, 0.717) is 62.0 Å². The number of halogens is 1. The molecule has 0 saturated carbocycles. The molecule has 1 spiro atoms. The van der Waals surface area contributed by atoms with Crippen LogP contribution in [0.2, 0.25) is 0 Å². The fourth-order valence-corrected chi connectivity index (χ4v) is 4.82. The molecule has 10 heteroatoms. The molecule has 1 unspecified atom stereocenters. The summed E-state index contributed by atoms with van der Waals surface area (Å²) in [4.78, 5) is 6.22. The molecule has 5 heterocycles. The Balaban J connectivity index is 1.11. The predicted octanol–water partition coefficient (Wildman–Crippen LogP) is 3.51. The number of aliphatic hydroxyl groups excluding tert-OH is 1. The second-order valence-corrected chi connectivity index (χ2v) is 8.96. The van der Waals surface area contributed by atoms with Crippen LogP contribution in [0.15, 0.2) is 59.3 Å². The first-order valence-corrected chi connectivity index (χ1v) is 11.5. The van der Waals surface area contributed by atoms with Crippen molar-refractivity contribution in [3.8, 4) is 17.3 Å². The molecule has 0 aliphatic carbocycles. The Morgan fingerprint density at radius 1 is 1.03 bits per heavy atom. The van der Waals surface area contributed by atoms with Crippen molar-refractivity contribution in [3.05, 3.63) is 77.7 Å². The van der Waals surface area contributed by atoms with Crippen LogP contribution in [0.4, 0.5) is 10.2 Å². The number of benzene rings is 1. The number of aliphatic hydroxyl groups is 1. The lowest BCUT2D eigenvalue weighted by molar-refractivity contribution is -0.0317. The zero-order valence-corrected chi connectivity index (χ0v) is 18.8. The van der Waals surface area contributed by atoms with Crippen LogP contribution in [0, 0.1) is 5.82 Å². The van der Waals surface area contributed by atoms with Crippen molar-refractivity contribution in [2.75, 3.05) is 18.0 Å². The van der Waals surface area contributed by atoms with Crippen molar-refractivity contribution in [1.29, 1.82) is 0 Å². The number of hydrogen-bond acceptors (Lipinski definition) is 9. The van der Waals surface area contributed by atoms with Gasteiger partial charge in [0.25, 0.3) is 5.89 Å². The summed E-state index contributed by atoms with van der Waals surface area (Å²) in [7, 11) is 0. The van der Waals surface area contributed by atoms with E-state index in [4.69, 9.17) is 9.15 Å². The van der Waals surface area contributed by atoms with Gasteiger partial charge in [-0.3, -0.25) is 4.98 Å². The molecule has 1 aromatic carbocycles. The normalized spacial score (nSPS) is 18.8. The molecule has 1 fully saturated rings. The minimum atomic E-state index is -0.872. The Hall–Kier alpha value is -3.92. The first-order chi connectivity index (χ1) is 17.1. The quantitative estimate of drug-likeness (QED) is 0.475. The number of pyridine rings is 1. The maximum atomic E-state index is 14.1. The minimum absolute atomic E-state index is 0.256. The number of aromatic nitrogens is 5. The van der Waals surface area contributed by atoms with Gasteiger partial charge in [0.05, 0.1) is 18.1 Å². The van der Waals surface area contributed by atoms with Crippen LogP contribution in [0.3, 0.4) is 0 Å². The molecule has 0 bridgehead atoms. The van der Waals surface area contributed by atoms with Gasteiger partial charge >= 0.3 is 0 Å². The summed E-state index contributed by atoms with van der Waals surface area (Å²) in [5.41, 5.74) is 1.23. The highest BCUT2D eigenvalue weighted by Crippen LogP contribution is 2.45. The van der Waals surface area contributed by atoms with Crippen molar-refractivity contribution < 1.29 is 18.7 Å². The first-order valence-electron chi connectivity index (χ1n) is 11.5. The van der Waals surface area contributed by atoms with E-state index in [1.807, 2.05) is 24.3 Å². The molecule has 1 N–H and O–H groups in total. The second-order valence-electron chi connectivity index (χ2n) is 8.96. The zero-order valence-electron chi connectivity index (χ0n) is 18.8.